The van der Waals surface area contributed by atoms with E-state index in [4.69, 9.17) is 9.47 Å². The van der Waals surface area contributed by atoms with Crippen molar-refractivity contribution >= 4 is 26.8 Å². The molecule has 0 atom stereocenters. The molecular formula is C27H28N4O5S. The van der Waals surface area contributed by atoms with E-state index in [0.29, 0.717) is 18.7 Å². The van der Waals surface area contributed by atoms with Crippen LogP contribution in [0.2, 0.25) is 0 Å². The van der Waals surface area contributed by atoms with Gasteiger partial charge in [0, 0.05) is 24.8 Å². The number of ether oxygens (including phenoxy) is 2. The fourth-order valence-electron chi connectivity index (χ4n) is 4.62. The summed E-state index contributed by atoms with van der Waals surface area (Å²) in [7, 11) is -2.85. The highest BCUT2D eigenvalue weighted by Crippen LogP contribution is 2.37. The summed E-state index contributed by atoms with van der Waals surface area (Å²) in [4.78, 5) is 17.4. The van der Waals surface area contributed by atoms with Gasteiger partial charge in [0.05, 0.1) is 24.0 Å². The SMILES string of the molecule is COc1ccc(C2(C)CCOCC2)cc1S(=O)(=O)NC(=O)c1ccc2c(-n3ccc(C)n3)cccc2n1. The van der Waals surface area contributed by atoms with E-state index in [-0.39, 0.29) is 21.8 Å². The molecule has 1 aliphatic rings. The summed E-state index contributed by atoms with van der Waals surface area (Å²) in [5, 5.41) is 5.23. The number of fused-ring (bicyclic) bond motifs is 1. The maximum Gasteiger partial charge on any atom is 0.283 e. The van der Waals surface area contributed by atoms with Crippen molar-refractivity contribution in [2.45, 2.75) is 37.0 Å². The number of carbonyl (C=O) groups excluding carboxylic acids is 1. The minimum atomic E-state index is -4.25. The average molecular weight is 521 g/mol. The van der Waals surface area contributed by atoms with E-state index in [2.05, 4.69) is 21.7 Å². The molecule has 0 unspecified atom stereocenters. The smallest absolute Gasteiger partial charge is 0.283 e. The number of hydrogen-bond donors (Lipinski definition) is 1. The van der Waals surface area contributed by atoms with Crippen molar-refractivity contribution in [1.82, 2.24) is 19.5 Å². The number of nitrogens with one attached hydrogen (secondary N) is 1. The first kappa shape index (κ1) is 24.9. The fraction of sp³-hybridized carbons (Fsp3) is 0.296. The third-order valence-electron chi connectivity index (χ3n) is 6.88. The lowest BCUT2D eigenvalue weighted by Gasteiger charge is -2.34. The molecule has 5 rings (SSSR count). The molecule has 1 aliphatic heterocycles. The molecule has 0 spiro atoms. The van der Waals surface area contributed by atoms with E-state index < -0.39 is 15.9 Å². The summed E-state index contributed by atoms with van der Waals surface area (Å²) in [6.45, 7) is 5.20. The van der Waals surface area contributed by atoms with Gasteiger partial charge >= 0.3 is 0 Å². The Morgan fingerprint density at radius 3 is 2.59 bits per heavy atom. The number of methoxy groups -OCH3 is 1. The van der Waals surface area contributed by atoms with Crippen LogP contribution in [-0.4, -0.2) is 49.4 Å². The topological polar surface area (TPSA) is 112 Å². The van der Waals surface area contributed by atoms with Crippen LogP contribution >= 0.6 is 0 Å². The largest absolute Gasteiger partial charge is 0.495 e. The summed E-state index contributed by atoms with van der Waals surface area (Å²) < 4.78 is 41.4. The van der Waals surface area contributed by atoms with Gasteiger partial charge in [-0.1, -0.05) is 19.1 Å². The molecule has 192 valence electrons. The maximum atomic E-state index is 13.4. The molecule has 10 heteroatoms. The zero-order valence-electron chi connectivity index (χ0n) is 20.9. The summed E-state index contributed by atoms with van der Waals surface area (Å²) in [6, 6.07) is 15.7. The summed E-state index contributed by atoms with van der Waals surface area (Å²) in [5.41, 5.74) is 2.83. The van der Waals surface area contributed by atoms with Crippen LogP contribution in [0.5, 0.6) is 5.75 Å². The zero-order chi connectivity index (χ0) is 26.2. The van der Waals surface area contributed by atoms with E-state index in [1.807, 2.05) is 37.4 Å². The molecule has 0 aliphatic carbocycles. The van der Waals surface area contributed by atoms with Crippen molar-refractivity contribution in [1.29, 1.82) is 0 Å². The molecule has 1 saturated heterocycles. The highest BCUT2D eigenvalue weighted by atomic mass is 32.2. The Morgan fingerprint density at radius 1 is 1.11 bits per heavy atom. The normalized spacial score (nSPS) is 15.4. The predicted octanol–water partition coefficient (Wildman–Crippen LogP) is 3.92. The number of pyridine rings is 1. The van der Waals surface area contributed by atoms with Gasteiger partial charge in [0.15, 0.2) is 0 Å². The fourth-order valence-corrected chi connectivity index (χ4v) is 5.77. The third-order valence-corrected chi connectivity index (χ3v) is 8.24. The van der Waals surface area contributed by atoms with Crippen LogP contribution in [0.15, 0.2) is 65.7 Å². The van der Waals surface area contributed by atoms with Gasteiger partial charge in [-0.3, -0.25) is 4.79 Å². The van der Waals surface area contributed by atoms with E-state index in [9.17, 15) is 13.2 Å². The molecular weight excluding hydrogens is 492 g/mol. The van der Waals surface area contributed by atoms with E-state index >= 15 is 0 Å². The van der Waals surface area contributed by atoms with Gasteiger partial charge in [0.25, 0.3) is 15.9 Å². The van der Waals surface area contributed by atoms with Gasteiger partial charge in [-0.2, -0.15) is 5.10 Å². The second-order valence-electron chi connectivity index (χ2n) is 9.42. The van der Waals surface area contributed by atoms with Crippen molar-refractivity contribution < 1.29 is 22.7 Å². The van der Waals surface area contributed by atoms with E-state index in [1.165, 1.54) is 13.2 Å². The number of aryl methyl sites for hydroxylation is 1. The Bertz CT molecular complexity index is 1590. The lowest BCUT2D eigenvalue weighted by Crippen LogP contribution is -2.33. The first-order valence-electron chi connectivity index (χ1n) is 12.0. The van der Waals surface area contributed by atoms with Gasteiger partial charge in [0.2, 0.25) is 0 Å². The van der Waals surface area contributed by atoms with Crippen LogP contribution in [-0.2, 0) is 20.2 Å². The summed E-state index contributed by atoms with van der Waals surface area (Å²) in [6.07, 6.45) is 3.39. The number of carbonyl (C=O) groups is 1. The van der Waals surface area contributed by atoms with Gasteiger partial charge in [0.1, 0.15) is 16.3 Å². The Hall–Kier alpha value is -3.76. The van der Waals surface area contributed by atoms with Crippen LogP contribution in [0.1, 0.15) is 41.5 Å². The van der Waals surface area contributed by atoms with Crippen molar-refractivity contribution in [2.24, 2.45) is 0 Å². The van der Waals surface area contributed by atoms with Crippen molar-refractivity contribution in [2.75, 3.05) is 20.3 Å². The molecule has 37 heavy (non-hydrogen) atoms. The highest BCUT2D eigenvalue weighted by Gasteiger charge is 2.32. The molecule has 3 heterocycles. The molecule has 0 radical (unpaired) electrons. The number of sulfonamides is 1. The van der Waals surface area contributed by atoms with Crippen LogP contribution < -0.4 is 9.46 Å². The van der Waals surface area contributed by atoms with Crippen LogP contribution in [0, 0.1) is 6.92 Å². The van der Waals surface area contributed by atoms with E-state index in [0.717, 1.165) is 35.2 Å². The van der Waals surface area contributed by atoms with Crippen molar-refractivity contribution in [3.05, 3.63) is 77.7 Å². The number of benzene rings is 2. The average Bonchev–Trinajstić information content (AvgIpc) is 3.33. The monoisotopic (exact) mass is 520 g/mol. The lowest BCUT2D eigenvalue weighted by molar-refractivity contribution is 0.0563. The maximum absolute atomic E-state index is 13.4. The molecule has 9 nitrogen and oxygen atoms in total. The standard InChI is InChI=1S/C27H28N4O5S/c1-18-11-14-31(29-18)23-6-4-5-21-20(23)8-9-22(28-21)26(32)30-37(33,34)25-17-19(7-10-24(25)35-3)27(2)12-15-36-16-13-27/h4-11,14,17H,12-13,15-16H2,1-3H3,(H,30,32). The predicted molar refractivity (Wildman–Crippen MR) is 139 cm³/mol. The minimum Gasteiger partial charge on any atom is -0.495 e. The van der Waals surface area contributed by atoms with E-state index in [1.54, 1.807) is 28.9 Å². The second kappa shape index (κ2) is 9.60. The molecule has 0 bridgehead atoms. The Morgan fingerprint density at radius 2 is 1.89 bits per heavy atom. The minimum absolute atomic E-state index is 0.0172. The molecule has 1 fully saturated rings. The number of amides is 1. The summed E-state index contributed by atoms with van der Waals surface area (Å²) in [5.74, 6) is -0.669. The van der Waals surface area contributed by atoms with Crippen LogP contribution in [0.25, 0.3) is 16.6 Å². The number of nitrogens with zero attached hydrogens (tertiary/aromatic N) is 3. The molecule has 1 amide bonds. The molecule has 1 N–H and O–H groups in total. The second-order valence-corrected chi connectivity index (χ2v) is 11.1. The Labute approximate surface area is 215 Å². The first-order valence-corrected chi connectivity index (χ1v) is 13.4. The van der Waals surface area contributed by atoms with Crippen molar-refractivity contribution in [3.8, 4) is 11.4 Å². The number of hydrogen-bond acceptors (Lipinski definition) is 7. The quantitative estimate of drug-likeness (QED) is 0.410. The first-order chi connectivity index (χ1) is 17.7. The van der Waals surface area contributed by atoms with Gasteiger partial charge in [-0.15, -0.1) is 0 Å². The third kappa shape index (κ3) is 4.82. The van der Waals surface area contributed by atoms with Crippen LogP contribution in [0.4, 0.5) is 0 Å². The molecule has 2 aromatic heterocycles. The van der Waals surface area contributed by atoms with Crippen molar-refractivity contribution in [3.63, 3.8) is 0 Å². The Kier molecular flexibility index (Phi) is 6.47. The molecule has 0 saturated carbocycles. The van der Waals surface area contributed by atoms with Crippen LogP contribution in [0.3, 0.4) is 0 Å². The Balaban J connectivity index is 1.45. The summed E-state index contributed by atoms with van der Waals surface area (Å²) >= 11 is 0. The zero-order valence-corrected chi connectivity index (χ0v) is 21.7. The van der Waals surface area contributed by atoms with Gasteiger partial charge < -0.3 is 9.47 Å². The molecule has 4 aromatic rings. The molecule has 2 aromatic carbocycles. The highest BCUT2D eigenvalue weighted by molar-refractivity contribution is 7.90. The number of aromatic nitrogens is 3. The lowest BCUT2D eigenvalue weighted by atomic mass is 9.76. The van der Waals surface area contributed by atoms with Gasteiger partial charge in [-0.25, -0.2) is 22.8 Å². The van der Waals surface area contributed by atoms with Gasteiger partial charge in [-0.05, 0) is 73.2 Å². The number of rotatable bonds is 6.